The van der Waals surface area contributed by atoms with E-state index >= 15 is 0 Å². The fraction of sp³-hybridized carbons (Fsp3) is 0.345. The fourth-order valence-electron chi connectivity index (χ4n) is 5.20. The van der Waals surface area contributed by atoms with Gasteiger partial charge in [-0.15, -0.1) is 0 Å². The lowest BCUT2D eigenvalue weighted by Gasteiger charge is -2.44. The number of rotatable bonds is 6. The largest absolute Gasteiger partial charge is 0.534 e. The average Bonchev–Trinajstić information content (AvgIpc) is 2.85. The maximum atomic E-state index is 12.5. The molecule has 0 unspecified atom stereocenters. The summed E-state index contributed by atoms with van der Waals surface area (Å²) in [6, 6.07) is 26.2. The summed E-state index contributed by atoms with van der Waals surface area (Å²) in [5.41, 5.74) is -0.650. The number of benzene rings is 3. The monoisotopic (exact) mass is 490 g/mol. The van der Waals surface area contributed by atoms with Gasteiger partial charge < -0.3 is 19.4 Å². The molecular formula is C29H34O5Si. The third kappa shape index (κ3) is 4.31. The molecule has 0 saturated heterocycles. The zero-order chi connectivity index (χ0) is 25.3. The van der Waals surface area contributed by atoms with E-state index in [0.717, 1.165) is 15.9 Å². The highest BCUT2D eigenvalue weighted by Gasteiger charge is 2.53. The number of carbonyl (C=O) groups excluding carboxylic acids is 1. The smallest absolute Gasteiger partial charge is 0.341 e. The van der Waals surface area contributed by atoms with Gasteiger partial charge in [-0.3, -0.25) is 0 Å². The van der Waals surface area contributed by atoms with Crippen LogP contribution < -0.4 is 14.8 Å². The van der Waals surface area contributed by atoms with Gasteiger partial charge >= 0.3 is 14.3 Å². The molecule has 3 aromatic carbocycles. The van der Waals surface area contributed by atoms with Crippen LogP contribution in [0.15, 0.2) is 78.9 Å². The van der Waals surface area contributed by atoms with E-state index in [4.69, 9.17) is 9.16 Å². The Hall–Kier alpha value is -2.93. The average molecular weight is 491 g/mol. The van der Waals surface area contributed by atoms with Gasteiger partial charge in [-0.1, -0.05) is 93.6 Å². The second-order valence-corrected chi connectivity index (χ2v) is 14.4. The summed E-state index contributed by atoms with van der Waals surface area (Å²) in [6.07, 6.45) is -0.954. The van der Waals surface area contributed by atoms with Crippen molar-refractivity contribution in [1.82, 2.24) is 0 Å². The zero-order valence-corrected chi connectivity index (χ0v) is 21.8. The van der Waals surface area contributed by atoms with Crippen LogP contribution in [0.4, 0.5) is 0 Å². The molecule has 35 heavy (non-hydrogen) atoms. The molecule has 0 amide bonds. The molecule has 6 heteroatoms. The minimum absolute atomic E-state index is 0.0567. The maximum absolute atomic E-state index is 12.5. The molecule has 184 valence electrons. The summed E-state index contributed by atoms with van der Waals surface area (Å²) in [7, 11) is -2.88. The number of ether oxygens (including phenoxy) is 1. The summed E-state index contributed by atoms with van der Waals surface area (Å²) in [5, 5.41) is 24.2. The predicted molar refractivity (Wildman–Crippen MR) is 140 cm³/mol. The molecule has 5 nitrogen and oxygen atoms in total. The minimum atomic E-state index is -2.88. The molecule has 0 heterocycles. The number of aliphatic hydroxyl groups excluding tert-OH is 1. The van der Waals surface area contributed by atoms with Gasteiger partial charge in [0.1, 0.15) is 11.9 Å². The molecule has 2 N–H and O–H groups in total. The van der Waals surface area contributed by atoms with E-state index in [2.05, 4.69) is 45.0 Å². The molecule has 1 aliphatic carbocycles. The van der Waals surface area contributed by atoms with Gasteiger partial charge in [-0.05, 0) is 52.4 Å². The lowest BCUT2D eigenvalue weighted by Crippen LogP contribution is -2.69. The van der Waals surface area contributed by atoms with Crippen LogP contribution in [-0.4, -0.2) is 36.7 Å². The summed E-state index contributed by atoms with van der Waals surface area (Å²) >= 11 is 0. The van der Waals surface area contributed by atoms with E-state index in [9.17, 15) is 15.0 Å². The zero-order valence-electron chi connectivity index (χ0n) is 20.8. The Kier molecular flexibility index (Phi) is 6.91. The van der Waals surface area contributed by atoms with E-state index in [1.165, 1.54) is 0 Å². The topological polar surface area (TPSA) is 76.0 Å². The van der Waals surface area contributed by atoms with E-state index in [0.29, 0.717) is 17.7 Å². The first-order valence-corrected chi connectivity index (χ1v) is 14.1. The van der Waals surface area contributed by atoms with Crippen molar-refractivity contribution in [2.75, 3.05) is 6.61 Å². The molecule has 0 saturated carbocycles. The lowest BCUT2D eigenvalue weighted by atomic mass is 9.77. The van der Waals surface area contributed by atoms with Crippen molar-refractivity contribution >= 4 is 24.7 Å². The first-order valence-electron chi connectivity index (χ1n) is 12.1. The number of aliphatic hydroxyl groups is 2. The highest BCUT2D eigenvalue weighted by molar-refractivity contribution is 7.00. The van der Waals surface area contributed by atoms with Crippen molar-refractivity contribution in [3.05, 3.63) is 90.0 Å². The third-order valence-corrected chi connectivity index (χ3v) is 11.9. The van der Waals surface area contributed by atoms with Gasteiger partial charge in [0.25, 0.3) is 0 Å². The minimum Gasteiger partial charge on any atom is -0.534 e. The molecule has 0 aromatic heterocycles. The number of fused-ring (bicyclic) bond motifs is 1. The lowest BCUT2D eigenvalue weighted by molar-refractivity contribution is -0.181. The molecule has 0 spiro atoms. The second kappa shape index (κ2) is 9.61. The van der Waals surface area contributed by atoms with Crippen molar-refractivity contribution in [2.45, 2.75) is 57.3 Å². The Balaban J connectivity index is 1.87. The number of hydrogen-bond donors (Lipinski definition) is 2. The van der Waals surface area contributed by atoms with Crippen molar-refractivity contribution in [2.24, 2.45) is 0 Å². The van der Waals surface area contributed by atoms with Crippen LogP contribution in [0, 0.1) is 0 Å². The maximum Gasteiger partial charge on any atom is 0.341 e. The Bertz CT molecular complexity index is 1130. The van der Waals surface area contributed by atoms with Crippen LogP contribution in [0.5, 0.6) is 5.75 Å². The van der Waals surface area contributed by atoms with E-state index in [1.54, 1.807) is 13.0 Å². The van der Waals surface area contributed by atoms with E-state index in [-0.39, 0.29) is 18.1 Å². The van der Waals surface area contributed by atoms with Crippen LogP contribution in [0.25, 0.3) is 0 Å². The van der Waals surface area contributed by atoms with Gasteiger partial charge in [0.15, 0.2) is 5.60 Å². The summed E-state index contributed by atoms with van der Waals surface area (Å²) in [5.74, 6) is -0.113. The summed E-state index contributed by atoms with van der Waals surface area (Å²) < 4.78 is 12.3. The molecule has 0 bridgehead atoms. The van der Waals surface area contributed by atoms with Crippen LogP contribution >= 0.6 is 0 Å². The standard InChI is InChI=1S/C29H34O5Si/c1-5-33-27(31)29(32)20-19-23-24(26(29)30)17-12-18-25(23)34-35(28(2,3)4,21-13-8-6-9-14-21)22-15-10-7-11-16-22/h6-18,26,30,32H,5,19-20H2,1-4H3/t26-,29+/m0/s1. The number of carbonyl (C=O) groups is 1. The SMILES string of the molecule is CCOC(=O)[C@@]1(O)CCc2c(O[Si](c3ccccc3)(c3ccccc3)C(C)(C)C)cccc2[C@@H]1O. The van der Waals surface area contributed by atoms with Gasteiger partial charge in [0.05, 0.1) is 6.61 Å². The number of esters is 1. The molecule has 1 aliphatic rings. The first kappa shape index (κ1) is 25.2. The van der Waals surface area contributed by atoms with E-state index in [1.807, 2.05) is 48.5 Å². The van der Waals surface area contributed by atoms with Crippen molar-refractivity contribution in [1.29, 1.82) is 0 Å². The molecule has 0 radical (unpaired) electrons. The first-order chi connectivity index (χ1) is 16.6. The molecule has 0 fully saturated rings. The molecule has 3 aromatic rings. The normalized spacial score (nSPS) is 20.1. The molecular weight excluding hydrogens is 456 g/mol. The molecule has 4 rings (SSSR count). The van der Waals surface area contributed by atoms with E-state index < -0.39 is 26.0 Å². The van der Waals surface area contributed by atoms with Crippen LogP contribution in [-0.2, 0) is 16.0 Å². The Morgan fingerprint density at radius 2 is 1.54 bits per heavy atom. The Morgan fingerprint density at radius 1 is 0.971 bits per heavy atom. The molecule has 0 aliphatic heterocycles. The van der Waals surface area contributed by atoms with Gasteiger partial charge in [0.2, 0.25) is 0 Å². The fourth-order valence-corrected chi connectivity index (χ4v) is 9.65. The quantitative estimate of drug-likeness (QED) is 0.405. The van der Waals surface area contributed by atoms with Crippen LogP contribution in [0.2, 0.25) is 5.04 Å². The molecule has 2 atom stereocenters. The van der Waals surface area contributed by atoms with Gasteiger partial charge in [0, 0.05) is 0 Å². The highest BCUT2D eigenvalue weighted by Crippen LogP contribution is 2.44. The summed E-state index contributed by atoms with van der Waals surface area (Å²) in [4.78, 5) is 12.5. The third-order valence-electron chi connectivity index (χ3n) is 6.98. The predicted octanol–water partition coefficient (Wildman–Crippen LogP) is 3.90. The van der Waals surface area contributed by atoms with Crippen molar-refractivity contribution < 1.29 is 24.2 Å². The van der Waals surface area contributed by atoms with Crippen molar-refractivity contribution in [3.8, 4) is 5.75 Å². The van der Waals surface area contributed by atoms with Crippen LogP contribution in [0.3, 0.4) is 0 Å². The van der Waals surface area contributed by atoms with Gasteiger partial charge in [-0.2, -0.15) is 0 Å². The second-order valence-electron chi connectivity index (χ2n) is 10.1. The Labute approximate surface area is 208 Å². The number of hydrogen-bond acceptors (Lipinski definition) is 5. The highest BCUT2D eigenvalue weighted by atomic mass is 28.4. The van der Waals surface area contributed by atoms with Gasteiger partial charge in [-0.25, -0.2) is 4.79 Å². The van der Waals surface area contributed by atoms with Crippen LogP contribution in [0.1, 0.15) is 51.3 Å². The summed E-state index contributed by atoms with van der Waals surface area (Å²) in [6.45, 7) is 8.45. The Morgan fingerprint density at radius 3 is 2.06 bits per heavy atom. The van der Waals surface area contributed by atoms with Crippen molar-refractivity contribution in [3.63, 3.8) is 0 Å².